The maximum Gasteiger partial charge on any atom is 0.259 e. The highest BCUT2D eigenvalue weighted by Gasteiger charge is 2.20. The van der Waals surface area contributed by atoms with Crippen LogP contribution in [-0.4, -0.2) is 22.6 Å². The van der Waals surface area contributed by atoms with Crippen LogP contribution in [0.2, 0.25) is 0 Å². The second kappa shape index (κ2) is 5.01. The maximum atomic E-state index is 13.5. The van der Waals surface area contributed by atoms with Crippen LogP contribution in [0.1, 0.15) is 21.6 Å². The fourth-order valence-corrected chi connectivity index (χ4v) is 2.18. The molecule has 104 valence electrons. The molecule has 5 nitrogen and oxygen atoms in total. The number of amides is 1. The van der Waals surface area contributed by atoms with Crippen molar-refractivity contribution in [1.82, 2.24) is 15.5 Å². The molecule has 1 aliphatic heterocycles. The Labute approximate surface area is 113 Å². The Morgan fingerprint density at radius 1 is 1.35 bits per heavy atom. The SMILES string of the molecule is O=C(Nc1n[nH]c2c1CNCC2)c1ccc(F)cc1F. The van der Waals surface area contributed by atoms with Crippen LogP contribution in [0.15, 0.2) is 18.2 Å². The number of carbonyl (C=O) groups is 1. The molecule has 2 heterocycles. The first-order valence-corrected chi connectivity index (χ1v) is 6.18. The summed E-state index contributed by atoms with van der Waals surface area (Å²) in [6, 6.07) is 2.83. The molecule has 0 atom stereocenters. The average Bonchev–Trinajstić information content (AvgIpc) is 2.82. The van der Waals surface area contributed by atoms with E-state index in [1.54, 1.807) is 0 Å². The maximum absolute atomic E-state index is 13.5. The first-order chi connectivity index (χ1) is 9.65. The number of nitrogens with one attached hydrogen (secondary N) is 3. The zero-order valence-electron chi connectivity index (χ0n) is 10.5. The predicted octanol–water partition coefficient (Wildman–Crippen LogP) is 1.59. The van der Waals surface area contributed by atoms with Gasteiger partial charge in [0.2, 0.25) is 0 Å². The van der Waals surface area contributed by atoms with Gasteiger partial charge in [-0.3, -0.25) is 9.89 Å². The third-order valence-electron chi connectivity index (χ3n) is 3.21. The summed E-state index contributed by atoms with van der Waals surface area (Å²) in [5.74, 6) is -1.89. The minimum atomic E-state index is -0.898. The van der Waals surface area contributed by atoms with Crippen molar-refractivity contribution in [3.05, 3.63) is 46.7 Å². The minimum Gasteiger partial charge on any atom is -0.312 e. The van der Waals surface area contributed by atoms with Crippen LogP contribution in [0.3, 0.4) is 0 Å². The van der Waals surface area contributed by atoms with Gasteiger partial charge in [-0.25, -0.2) is 8.78 Å². The van der Waals surface area contributed by atoms with Crippen LogP contribution in [0, 0.1) is 11.6 Å². The lowest BCUT2D eigenvalue weighted by Crippen LogP contribution is -2.24. The molecular formula is C13H12F2N4O. The van der Waals surface area contributed by atoms with Crippen LogP contribution in [0.25, 0.3) is 0 Å². The number of hydrogen-bond donors (Lipinski definition) is 3. The van der Waals surface area contributed by atoms with Crippen molar-refractivity contribution in [3.63, 3.8) is 0 Å². The topological polar surface area (TPSA) is 69.8 Å². The quantitative estimate of drug-likeness (QED) is 0.781. The Balaban J connectivity index is 1.84. The highest BCUT2D eigenvalue weighted by molar-refractivity contribution is 6.04. The standard InChI is InChI=1S/C13H12F2N4O/c14-7-1-2-8(10(15)5-7)13(20)17-12-9-6-16-4-3-11(9)18-19-12/h1-2,5,16H,3-4,6H2,(H2,17,18,19,20). The highest BCUT2D eigenvalue weighted by atomic mass is 19.1. The van der Waals surface area contributed by atoms with Gasteiger partial charge in [-0.2, -0.15) is 5.10 Å². The number of anilines is 1. The Morgan fingerprint density at radius 2 is 2.20 bits per heavy atom. The summed E-state index contributed by atoms with van der Waals surface area (Å²) in [7, 11) is 0. The van der Waals surface area contributed by atoms with Gasteiger partial charge in [0.05, 0.1) is 5.56 Å². The second-order valence-corrected chi connectivity index (χ2v) is 4.53. The molecule has 20 heavy (non-hydrogen) atoms. The van der Waals surface area contributed by atoms with Gasteiger partial charge in [0.25, 0.3) is 5.91 Å². The number of nitrogens with zero attached hydrogens (tertiary/aromatic N) is 1. The molecule has 0 radical (unpaired) electrons. The molecule has 2 aromatic rings. The molecule has 0 fully saturated rings. The first kappa shape index (κ1) is 12.7. The molecule has 0 spiro atoms. The molecule has 0 saturated carbocycles. The van der Waals surface area contributed by atoms with Gasteiger partial charge in [-0.1, -0.05) is 0 Å². The van der Waals surface area contributed by atoms with Gasteiger partial charge in [-0.05, 0) is 12.1 Å². The molecule has 3 rings (SSSR count). The van der Waals surface area contributed by atoms with E-state index in [4.69, 9.17) is 0 Å². The third-order valence-corrected chi connectivity index (χ3v) is 3.21. The molecular weight excluding hydrogens is 266 g/mol. The number of H-pyrrole nitrogens is 1. The summed E-state index contributed by atoms with van der Waals surface area (Å²) in [5.41, 5.74) is 1.61. The zero-order chi connectivity index (χ0) is 14.1. The van der Waals surface area contributed by atoms with E-state index in [9.17, 15) is 13.6 Å². The molecule has 1 amide bonds. The number of rotatable bonds is 2. The van der Waals surface area contributed by atoms with Gasteiger partial charge in [0, 0.05) is 36.8 Å². The molecule has 0 aliphatic carbocycles. The number of halogens is 2. The molecule has 0 saturated heterocycles. The smallest absolute Gasteiger partial charge is 0.259 e. The zero-order valence-corrected chi connectivity index (χ0v) is 10.5. The van der Waals surface area contributed by atoms with Crippen LogP contribution >= 0.6 is 0 Å². The van der Waals surface area contributed by atoms with Gasteiger partial charge >= 0.3 is 0 Å². The summed E-state index contributed by atoms with van der Waals surface area (Å²) < 4.78 is 26.3. The Morgan fingerprint density at radius 3 is 3.00 bits per heavy atom. The van der Waals surface area contributed by atoms with Crippen molar-refractivity contribution < 1.29 is 13.6 Å². The first-order valence-electron chi connectivity index (χ1n) is 6.18. The Bertz CT molecular complexity index is 668. The molecule has 7 heteroatoms. The van der Waals surface area contributed by atoms with Crippen molar-refractivity contribution in [2.75, 3.05) is 11.9 Å². The van der Waals surface area contributed by atoms with E-state index in [0.717, 1.165) is 36.4 Å². The largest absolute Gasteiger partial charge is 0.312 e. The van der Waals surface area contributed by atoms with Gasteiger partial charge in [-0.15, -0.1) is 0 Å². The van der Waals surface area contributed by atoms with Gasteiger partial charge in [0.15, 0.2) is 5.82 Å². The number of fused-ring (bicyclic) bond motifs is 1. The molecule has 1 aliphatic rings. The summed E-state index contributed by atoms with van der Waals surface area (Å²) in [5, 5.41) is 12.6. The molecule has 1 aromatic heterocycles. The van der Waals surface area contributed by atoms with Crippen molar-refractivity contribution >= 4 is 11.7 Å². The number of benzene rings is 1. The minimum absolute atomic E-state index is 0.216. The van der Waals surface area contributed by atoms with Gasteiger partial charge < -0.3 is 10.6 Å². The molecule has 0 bridgehead atoms. The third kappa shape index (κ3) is 2.27. The second-order valence-electron chi connectivity index (χ2n) is 4.53. The van der Waals surface area contributed by atoms with Gasteiger partial charge in [0.1, 0.15) is 11.6 Å². The Kier molecular flexibility index (Phi) is 3.19. The molecule has 0 unspecified atom stereocenters. The van der Waals surface area contributed by atoms with E-state index in [2.05, 4.69) is 20.8 Å². The summed E-state index contributed by atoms with van der Waals surface area (Å²) in [4.78, 5) is 12.0. The fraction of sp³-hybridized carbons (Fsp3) is 0.231. The van der Waals surface area contributed by atoms with Crippen molar-refractivity contribution in [2.24, 2.45) is 0 Å². The molecule has 1 aromatic carbocycles. The fourth-order valence-electron chi connectivity index (χ4n) is 2.18. The monoisotopic (exact) mass is 278 g/mol. The van der Waals surface area contributed by atoms with E-state index in [-0.39, 0.29) is 5.56 Å². The predicted molar refractivity (Wildman–Crippen MR) is 68.3 cm³/mol. The number of aromatic nitrogens is 2. The number of carbonyl (C=O) groups excluding carboxylic acids is 1. The van der Waals surface area contributed by atoms with Crippen LogP contribution in [0.5, 0.6) is 0 Å². The number of aromatic amines is 1. The van der Waals surface area contributed by atoms with E-state index in [0.29, 0.717) is 18.4 Å². The lowest BCUT2D eigenvalue weighted by Gasteiger charge is -2.13. The van der Waals surface area contributed by atoms with Crippen molar-refractivity contribution in [2.45, 2.75) is 13.0 Å². The Hall–Kier alpha value is -2.28. The van der Waals surface area contributed by atoms with Crippen LogP contribution < -0.4 is 10.6 Å². The van der Waals surface area contributed by atoms with E-state index in [1.165, 1.54) is 0 Å². The lowest BCUT2D eigenvalue weighted by atomic mass is 10.1. The van der Waals surface area contributed by atoms with Crippen molar-refractivity contribution in [1.29, 1.82) is 0 Å². The van der Waals surface area contributed by atoms with Crippen molar-refractivity contribution in [3.8, 4) is 0 Å². The van der Waals surface area contributed by atoms with E-state index < -0.39 is 17.5 Å². The average molecular weight is 278 g/mol. The normalized spacial score (nSPS) is 13.9. The molecule has 3 N–H and O–H groups in total. The number of hydrogen-bond acceptors (Lipinski definition) is 3. The summed E-state index contributed by atoms with van der Waals surface area (Å²) in [6.07, 6.45) is 0.795. The van der Waals surface area contributed by atoms with E-state index >= 15 is 0 Å². The lowest BCUT2D eigenvalue weighted by molar-refractivity contribution is 0.102. The highest BCUT2D eigenvalue weighted by Crippen LogP contribution is 2.20. The summed E-state index contributed by atoms with van der Waals surface area (Å²) in [6.45, 7) is 1.43. The van der Waals surface area contributed by atoms with Crippen LogP contribution in [0.4, 0.5) is 14.6 Å². The van der Waals surface area contributed by atoms with Crippen LogP contribution in [-0.2, 0) is 13.0 Å². The van der Waals surface area contributed by atoms with E-state index in [1.807, 2.05) is 0 Å². The summed E-state index contributed by atoms with van der Waals surface area (Å²) >= 11 is 0.